The van der Waals surface area contributed by atoms with Gasteiger partial charge in [0.2, 0.25) is 5.88 Å². The molecule has 1 aliphatic carbocycles. The number of guanidine groups is 1. The minimum Gasteiger partial charge on any atom is -0.481 e. The van der Waals surface area contributed by atoms with E-state index in [2.05, 4.69) is 20.3 Å². The van der Waals surface area contributed by atoms with Gasteiger partial charge in [-0.1, -0.05) is 12.8 Å². The first-order valence-electron chi connectivity index (χ1n) is 6.20. The summed E-state index contributed by atoms with van der Waals surface area (Å²) in [5.41, 5.74) is 5.82. The van der Waals surface area contributed by atoms with Crippen LogP contribution in [-0.2, 0) is 6.54 Å². The van der Waals surface area contributed by atoms with E-state index in [1.165, 1.54) is 25.7 Å². The lowest BCUT2D eigenvalue weighted by atomic mass is 10.2. The van der Waals surface area contributed by atoms with Gasteiger partial charge in [-0.05, 0) is 12.8 Å². The molecular formula is C12H19N5O. The molecule has 18 heavy (non-hydrogen) atoms. The van der Waals surface area contributed by atoms with Crippen LogP contribution < -0.4 is 15.8 Å². The smallest absolute Gasteiger partial charge is 0.216 e. The first-order valence-corrected chi connectivity index (χ1v) is 6.20. The van der Waals surface area contributed by atoms with E-state index in [4.69, 9.17) is 10.5 Å². The molecular weight excluding hydrogens is 230 g/mol. The molecule has 1 aromatic heterocycles. The van der Waals surface area contributed by atoms with Crippen molar-refractivity contribution in [2.45, 2.75) is 38.3 Å². The lowest BCUT2D eigenvalue weighted by Crippen LogP contribution is -2.38. The zero-order valence-corrected chi connectivity index (χ0v) is 10.6. The quantitative estimate of drug-likeness (QED) is 0.610. The zero-order chi connectivity index (χ0) is 12.8. The van der Waals surface area contributed by atoms with Crippen LogP contribution in [0.4, 0.5) is 0 Å². The normalized spacial score (nSPS) is 16.8. The van der Waals surface area contributed by atoms with E-state index < -0.39 is 0 Å². The topological polar surface area (TPSA) is 85.4 Å². The van der Waals surface area contributed by atoms with Crippen molar-refractivity contribution in [2.24, 2.45) is 10.7 Å². The fourth-order valence-corrected chi connectivity index (χ4v) is 2.05. The van der Waals surface area contributed by atoms with E-state index in [0.29, 0.717) is 30.3 Å². The van der Waals surface area contributed by atoms with Gasteiger partial charge in [0.25, 0.3) is 0 Å². The van der Waals surface area contributed by atoms with Gasteiger partial charge in [0.1, 0.15) is 6.54 Å². The highest BCUT2D eigenvalue weighted by atomic mass is 16.5. The van der Waals surface area contributed by atoms with Crippen molar-refractivity contribution in [1.29, 1.82) is 0 Å². The fraction of sp³-hybridized carbons (Fsp3) is 0.583. The monoisotopic (exact) mass is 249 g/mol. The van der Waals surface area contributed by atoms with Crippen LogP contribution in [0, 0.1) is 0 Å². The molecule has 0 saturated heterocycles. The molecule has 0 radical (unpaired) electrons. The second-order valence-electron chi connectivity index (χ2n) is 4.34. The van der Waals surface area contributed by atoms with Crippen molar-refractivity contribution >= 4 is 5.96 Å². The number of ether oxygens (including phenoxy) is 1. The van der Waals surface area contributed by atoms with Crippen molar-refractivity contribution in [2.75, 3.05) is 7.11 Å². The highest BCUT2D eigenvalue weighted by Gasteiger charge is 2.14. The van der Waals surface area contributed by atoms with Crippen LogP contribution in [0.2, 0.25) is 0 Å². The van der Waals surface area contributed by atoms with Gasteiger partial charge in [-0.25, -0.2) is 9.98 Å². The van der Waals surface area contributed by atoms with Gasteiger partial charge < -0.3 is 15.8 Å². The van der Waals surface area contributed by atoms with Gasteiger partial charge in [0, 0.05) is 18.3 Å². The van der Waals surface area contributed by atoms with Crippen LogP contribution in [0.1, 0.15) is 31.5 Å². The molecule has 0 spiro atoms. The Morgan fingerprint density at radius 2 is 2.33 bits per heavy atom. The largest absolute Gasteiger partial charge is 0.481 e. The molecule has 6 nitrogen and oxygen atoms in total. The summed E-state index contributed by atoms with van der Waals surface area (Å²) in [5.74, 6) is 1.61. The van der Waals surface area contributed by atoms with Gasteiger partial charge in [-0.15, -0.1) is 0 Å². The molecule has 0 aromatic carbocycles. The molecule has 0 bridgehead atoms. The van der Waals surface area contributed by atoms with Gasteiger partial charge in [0.05, 0.1) is 7.11 Å². The highest BCUT2D eigenvalue weighted by molar-refractivity contribution is 5.78. The third kappa shape index (κ3) is 3.58. The van der Waals surface area contributed by atoms with Crippen molar-refractivity contribution < 1.29 is 4.74 Å². The van der Waals surface area contributed by atoms with Crippen molar-refractivity contribution in [3.8, 4) is 5.88 Å². The van der Waals surface area contributed by atoms with Crippen LogP contribution in [0.5, 0.6) is 5.88 Å². The zero-order valence-electron chi connectivity index (χ0n) is 10.6. The van der Waals surface area contributed by atoms with Gasteiger partial charge in [0.15, 0.2) is 11.8 Å². The molecule has 98 valence electrons. The standard InChI is InChI=1S/C12H19N5O/c1-18-11-6-7-14-10(17-11)8-15-12(13)16-9-4-2-3-5-9/h6-7,9H,2-5,8H2,1H3,(H3,13,15,16). The number of nitrogens with one attached hydrogen (secondary N) is 1. The number of nitrogens with zero attached hydrogens (tertiary/aromatic N) is 3. The van der Waals surface area contributed by atoms with Crippen molar-refractivity contribution in [1.82, 2.24) is 15.3 Å². The van der Waals surface area contributed by atoms with Crippen LogP contribution in [0.25, 0.3) is 0 Å². The molecule has 6 heteroatoms. The van der Waals surface area contributed by atoms with Gasteiger partial charge in [-0.3, -0.25) is 0 Å². The summed E-state index contributed by atoms with van der Waals surface area (Å²) in [7, 11) is 1.57. The van der Waals surface area contributed by atoms with E-state index in [0.717, 1.165) is 0 Å². The first kappa shape index (κ1) is 12.6. The Kier molecular flexibility index (Phi) is 4.33. The van der Waals surface area contributed by atoms with E-state index in [-0.39, 0.29) is 0 Å². The average Bonchev–Trinajstić information content (AvgIpc) is 2.89. The van der Waals surface area contributed by atoms with E-state index in [1.807, 2.05) is 0 Å². The molecule has 0 atom stereocenters. The van der Waals surface area contributed by atoms with Crippen LogP contribution in [-0.4, -0.2) is 29.1 Å². The highest BCUT2D eigenvalue weighted by Crippen LogP contribution is 2.17. The lowest BCUT2D eigenvalue weighted by Gasteiger charge is -2.11. The summed E-state index contributed by atoms with van der Waals surface area (Å²) in [5, 5.41) is 3.22. The Balaban J connectivity index is 1.87. The van der Waals surface area contributed by atoms with E-state index >= 15 is 0 Å². The minimum absolute atomic E-state index is 0.364. The second-order valence-corrected chi connectivity index (χ2v) is 4.34. The number of nitrogens with two attached hydrogens (primary N) is 1. The molecule has 1 aromatic rings. The molecule has 1 heterocycles. The van der Waals surface area contributed by atoms with Crippen molar-refractivity contribution in [3.63, 3.8) is 0 Å². The minimum atomic E-state index is 0.364. The summed E-state index contributed by atoms with van der Waals surface area (Å²) in [6, 6.07) is 2.17. The molecule has 1 fully saturated rings. The fourth-order valence-electron chi connectivity index (χ4n) is 2.05. The van der Waals surface area contributed by atoms with Crippen LogP contribution in [0.3, 0.4) is 0 Å². The number of hydrogen-bond acceptors (Lipinski definition) is 4. The Hall–Kier alpha value is -1.85. The number of hydrogen-bond donors (Lipinski definition) is 2. The Morgan fingerprint density at radius 3 is 3.06 bits per heavy atom. The summed E-state index contributed by atoms with van der Waals surface area (Å²) in [6.45, 7) is 0.364. The van der Waals surface area contributed by atoms with E-state index in [1.54, 1.807) is 19.4 Å². The predicted octanol–water partition coefficient (Wildman–Crippen LogP) is 0.832. The molecule has 1 saturated carbocycles. The number of aliphatic imine (C=N–C) groups is 1. The SMILES string of the molecule is COc1ccnc(CN=C(N)NC2CCCC2)n1. The number of rotatable bonds is 4. The molecule has 0 amide bonds. The lowest BCUT2D eigenvalue weighted by molar-refractivity contribution is 0.394. The summed E-state index contributed by atoms with van der Waals surface area (Å²) in [6.07, 6.45) is 6.53. The summed E-state index contributed by atoms with van der Waals surface area (Å²) >= 11 is 0. The Morgan fingerprint density at radius 1 is 1.56 bits per heavy atom. The predicted molar refractivity (Wildman–Crippen MR) is 69.3 cm³/mol. The van der Waals surface area contributed by atoms with Gasteiger partial charge >= 0.3 is 0 Å². The summed E-state index contributed by atoms with van der Waals surface area (Å²) in [4.78, 5) is 12.5. The van der Waals surface area contributed by atoms with Crippen LogP contribution in [0.15, 0.2) is 17.3 Å². The van der Waals surface area contributed by atoms with Gasteiger partial charge in [-0.2, -0.15) is 4.98 Å². The molecule has 3 N–H and O–H groups in total. The Bertz CT molecular complexity index is 415. The van der Waals surface area contributed by atoms with Crippen molar-refractivity contribution in [3.05, 3.63) is 18.1 Å². The number of methoxy groups -OCH3 is 1. The third-order valence-electron chi connectivity index (χ3n) is 2.99. The van der Waals surface area contributed by atoms with Crippen LogP contribution >= 0.6 is 0 Å². The maximum Gasteiger partial charge on any atom is 0.216 e. The first-order chi connectivity index (χ1) is 8.78. The number of aromatic nitrogens is 2. The average molecular weight is 249 g/mol. The van der Waals surface area contributed by atoms with E-state index in [9.17, 15) is 0 Å². The maximum absolute atomic E-state index is 5.82. The molecule has 0 unspecified atom stereocenters. The summed E-state index contributed by atoms with van der Waals surface area (Å²) < 4.78 is 5.02. The molecule has 2 rings (SSSR count). The maximum atomic E-state index is 5.82. The third-order valence-corrected chi connectivity index (χ3v) is 2.99. The second kappa shape index (κ2) is 6.18. The molecule has 1 aliphatic rings. The molecule has 0 aliphatic heterocycles. The Labute approximate surface area is 107 Å².